The highest BCUT2D eigenvalue weighted by molar-refractivity contribution is 7.93. The first-order valence-corrected chi connectivity index (χ1v) is 11.2. The highest BCUT2D eigenvalue weighted by atomic mass is 35.5. The Kier molecular flexibility index (Phi) is 6.07. The van der Waals surface area contributed by atoms with Gasteiger partial charge in [0.15, 0.2) is 0 Å². The van der Waals surface area contributed by atoms with E-state index < -0.39 is 15.9 Å². The van der Waals surface area contributed by atoms with E-state index in [-0.39, 0.29) is 9.77 Å². The molecule has 5 nitrogen and oxygen atoms in total. The molecule has 0 aliphatic heterocycles. The van der Waals surface area contributed by atoms with Gasteiger partial charge in [-0.2, -0.15) is 0 Å². The largest absolute Gasteiger partial charge is 0.321 e. The molecule has 3 rings (SSSR count). The smallest absolute Gasteiger partial charge is 0.267 e. The van der Waals surface area contributed by atoms with Crippen LogP contribution in [0.25, 0.3) is 0 Å². The minimum absolute atomic E-state index is 0.0286. The Morgan fingerprint density at radius 1 is 1.14 bits per heavy atom. The lowest BCUT2D eigenvalue weighted by molar-refractivity contribution is 0.102. The van der Waals surface area contributed by atoms with Gasteiger partial charge in [-0.05, 0) is 59.8 Å². The number of hydrogen-bond acceptors (Lipinski definition) is 4. The Morgan fingerprint density at radius 2 is 1.86 bits per heavy atom. The number of amides is 1. The predicted octanol–water partition coefficient (Wildman–Crippen LogP) is 5.04. The van der Waals surface area contributed by atoms with Crippen molar-refractivity contribution in [3.8, 4) is 0 Å². The lowest BCUT2D eigenvalue weighted by atomic mass is 10.1. The standard InChI is InChI=1S/C20H19ClN2O3S2/c1-3-14-5-4-6-16(13-14)22-20(24)19-18(11-12-27-19)28(25,26)23(2)17-9-7-15(21)8-10-17/h4-13H,3H2,1-2H3,(H,22,24). The van der Waals surface area contributed by atoms with Crippen LogP contribution in [0.2, 0.25) is 5.02 Å². The Balaban J connectivity index is 1.89. The zero-order valence-corrected chi connectivity index (χ0v) is 17.7. The number of nitrogens with one attached hydrogen (secondary N) is 1. The van der Waals surface area contributed by atoms with E-state index in [2.05, 4.69) is 5.32 Å². The number of carbonyl (C=O) groups is 1. The maximum Gasteiger partial charge on any atom is 0.267 e. The van der Waals surface area contributed by atoms with Crippen molar-refractivity contribution in [2.45, 2.75) is 18.2 Å². The number of hydrogen-bond donors (Lipinski definition) is 1. The molecule has 0 spiro atoms. The van der Waals surface area contributed by atoms with Crippen molar-refractivity contribution >= 4 is 50.2 Å². The second kappa shape index (κ2) is 8.34. The monoisotopic (exact) mass is 434 g/mol. The van der Waals surface area contributed by atoms with Crippen LogP contribution in [0.3, 0.4) is 0 Å². The topological polar surface area (TPSA) is 66.5 Å². The van der Waals surface area contributed by atoms with Crippen molar-refractivity contribution in [1.82, 2.24) is 0 Å². The van der Waals surface area contributed by atoms with Gasteiger partial charge < -0.3 is 5.32 Å². The molecule has 0 unspecified atom stereocenters. The molecule has 0 fully saturated rings. The van der Waals surface area contributed by atoms with E-state index in [1.165, 1.54) is 13.1 Å². The molecule has 0 saturated heterocycles. The number of thiophene rings is 1. The Hall–Kier alpha value is -2.35. The van der Waals surface area contributed by atoms with E-state index in [1.807, 2.05) is 25.1 Å². The fourth-order valence-electron chi connectivity index (χ4n) is 2.66. The summed E-state index contributed by atoms with van der Waals surface area (Å²) in [5, 5.41) is 4.90. The van der Waals surface area contributed by atoms with Crippen LogP contribution in [-0.4, -0.2) is 21.4 Å². The van der Waals surface area contributed by atoms with Gasteiger partial charge >= 0.3 is 0 Å². The second-order valence-electron chi connectivity index (χ2n) is 6.07. The van der Waals surface area contributed by atoms with Crippen LogP contribution < -0.4 is 9.62 Å². The van der Waals surface area contributed by atoms with Gasteiger partial charge in [-0.3, -0.25) is 9.10 Å². The van der Waals surface area contributed by atoms with E-state index >= 15 is 0 Å². The number of benzene rings is 2. The van der Waals surface area contributed by atoms with E-state index in [9.17, 15) is 13.2 Å². The maximum atomic E-state index is 13.1. The van der Waals surface area contributed by atoms with Crippen LogP contribution >= 0.6 is 22.9 Å². The van der Waals surface area contributed by atoms with Crippen LogP contribution in [0.15, 0.2) is 64.9 Å². The molecule has 1 amide bonds. The van der Waals surface area contributed by atoms with Crippen molar-refractivity contribution in [3.63, 3.8) is 0 Å². The summed E-state index contributed by atoms with van der Waals surface area (Å²) in [4.78, 5) is 12.9. The Morgan fingerprint density at radius 3 is 2.54 bits per heavy atom. The summed E-state index contributed by atoms with van der Waals surface area (Å²) in [6.07, 6.45) is 0.841. The third-order valence-electron chi connectivity index (χ3n) is 4.26. The van der Waals surface area contributed by atoms with Crippen molar-refractivity contribution in [3.05, 3.63) is 75.4 Å². The molecule has 0 aliphatic carbocycles. The molecule has 2 aromatic carbocycles. The van der Waals surface area contributed by atoms with Gasteiger partial charge in [0.2, 0.25) is 0 Å². The molecule has 8 heteroatoms. The van der Waals surface area contributed by atoms with Crippen LogP contribution in [0.5, 0.6) is 0 Å². The average Bonchev–Trinajstić information content (AvgIpc) is 3.19. The lowest BCUT2D eigenvalue weighted by Crippen LogP contribution is -2.28. The summed E-state index contributed by atoms with van der Waals surface area (Å²) in [6.45, 7) is 2.03. The van der Waals surface area contributed by atoms with Crippen molar-refractivity contribution in [2.75, 3.05) is 16.7 Å². The summed E-state index contributed by atoms with van der Waals surface area (Å²) in [5.41, 5.74) is 2.17. The summed E-state index contributed by atoms with van der Waals surface area (Å²) < 4.78 is 27.3. The van der Waals surface area contributed by atoms with Crippen LogP contribution in [0, 0.1) is 0 Å². The predicted molar refractivity (Wildman–Crippen MR) is 115 cm³/mol. The zero-order chi connectivity index (χ0) is 20.3. The fourth-order valence-corrected chi connectivity index (χ4v) is 5.28. The molecule has 1 aromatic heterocycles. The van der Waals surface area contributed by atoms with Gasteiger partial charge in [-0.1, -0.05) is 30.7 Å². The van der Waals surface area contributed by atoms with Crippen LogP contribution in [0.1, 0.15) is 22.2 Å². The van der Waals surface area contributed by atoms with E-state index in [0.717, 1.165) is 27.6 Å². The molecular formula is C20H19ClN2O3S2. The van der Waals surface area contributed by atoms with Gasteiger partial charge in [-0.15, -0.1) is 11.3 Å². The van der Waals surface area contributed by atoms with Crippen LogP contribution in [-0.2, 0) is 16.4 Å². The normalized spacial score (nSPS) is 11.2. The van der Waals surface area contributed by atoms with Gasteiger partial charge in [0.1, 0.15) is 9.77 Å². The van der Waals surface area contributed by atoms with E-state index in [0.29, 0.717) is 16.4 Å². The maximum absolute atomic E-state index is 13.1. The first kappa shape index (κ1) is 20.4. The van der Waals surface area contributed by atoms with Gasteiger partial charge in [0.25, 0.3) is 15.9 Å². The Bertz CT molecular complexity index is 1090. The molecule has 28 heavy (non-hydrogen) atoms. The van der Waals surface area contributed by atoms with Crippen molar-refractivity contribution < 1.29 is 13.2 Å². The Labute approximate surface area is 173 Å². The number of carbonyl (C=O) groups excluding carboxylic acids is 1. The average molecular weight is 435 g/mol. The van der Waals surface area contributed by atoms with E-state index in [4.69, 9.17) is 11.6 Å². The summed E-state index contributed by atoms with van der Waals surface area (Å²) in [5.74, 6) is -0.452. The molecule has 1 heterocycles. The van der Waals surface area contributed by atoms with Crippen LogP contribution in [0.4, 0.5) is 11.4 Å². The molecule has 0 aliphatic rings. The number of anilines is 2. The fraction of sp³-hybridized carbons (Fsp3) is 0.150. The summed E-state index contributed by atoms with van der Waals surface area (Å²) in [6, 6.07) is 15.4. The minimum atomic E-state index is -3.90. The highest BCUT2D eigenvalue weighted by Gasteiger charge is 2.28. The molecular weight excluding hydrogens is 416 g/mol. The molecule has 0 radical (unpaired) electrons. The third-order valence-corrected chi connectivity index (χ3v) is 7.38. The molecule has 3 aromatic rings. The third kappa shape index (κ3) is 4.22. The van der Waals surface area contributed by atoms with Crippen molar-refractivity contribution in [2.24, 2.45) is 0 Å². The number of sulfonamides is 1. The molecule has 1 N–H and O–H groups in total. The summed E-state index contributed by atoms with van der Waals surface area (Å²) >= 11 is 6.97. The molecule has 0 bridgehead atoms. The van der Waals surface area contributed by atoms with Crippen molar-refractivity contribution in [1.29, 1.82) is 0 Å². The zero-order valence-electron chi connectivity index (χ0n) is 15.3. The molecule has 0 atom stereocenters. The van der Waals surface area contributed by atoms with Gasteiger partial charge in [-0.25, -0.2) is 8.42 Å². The lowest BCUT2D eigenvalue weighted by Gasteiger charge is -2.19. The molecule has 0 saturated carbocycles. The number of aryl methyl sites for hydroxylation is 1. The number of halogens is 1. The van der Waals surface area contributed by atoms with E-state index in [1.54, 1.807) is 35.7 Å². The van der Waals surface area contributed by atoms with Gasteiger partial charge in [0.05, 0.1) is 5.69 Å². The SMILES string of the molecule is CCc1cccc(NC(=O)c2sccc2S(=O)(=O)N(C)c2ccc(Cl)cc2)c1. The number of nitrogens with zero attached hydrogens (tertiary/aromatic N) is 1. The summed E-state index contributed by atoms with van der Waals surface area (Å²) in [7, 11) is -2.46. The first-order chi connectivity index (χ1) is 13.3. The molecule has 146 valence electrons. The minimum Gasteiger partial charge on any atom is -0.321 e. The first-order valence-electron chi connectivity index (χ1n) is 8.55. The quantitative estimate of drug-likeness (QED) is 0.590. The second-order valence-corrected chi connectivity index (χ2v) is 9.36. The highest BCUT2D eigenvalue weighted by Crippen LogP contribution is 2.29. The number of rotatable bonds is 6. The van der Waals surface area contributed by atoms with Gasteiger partial charge in [0, 0.05) is 17.8 Å².